The van der Waals surface area contributed by atoms with E-state index >= 15 is 0 Å². The predicted molar refractivity (Wildman–Crippen MR) is 162 cm³/mol. The van der Waals surface area contributed by atoms with E-state index in [0.717, 1.165) is 24.2 Å². The van der Waals surface area contributed by atoms with E-state index in [-0.39, 0.29) is 6.61 Å². The fourth-order valence-electron chi connectivity index (χ4n) is 4.40. The smallest absolute Gasteiger partial charge is 0.101 e. The number of nitrogens with zero attached hydrogens (tertiary/aromatic N) is 1. The van der Waals surface area contributed by atoms with Crippen LogP contribution in [0, 0.1) is 3.57 Å². The van der Waals surface area contributed by atoms with Crippen molar-refractivity contribution in [1.82, 2.24) is 0 Å². The highest BCUT2D eigenvalue weighted by molar-refractivity contribution is 14.1. The summed E-state index contributed by atoms with van der Waals surface area (Å²) >= 11 is 2.33. The van der Waals surface area contributed by atoms with Gasteiger partial charge in [0, 0.05) is 3.57 Å². The first-order chi connectivity index (χ1) is 17.7. The summed E-state index contributed by atoms with van der Waals surface area (Å²) in [6, 6.07) is 27.0. The molecule has 194 valence electrons. The molecule has 0 aromatic heterocycles. The Labute approximate surface area is 232 Å². The molecule has 3 aromatic rings. The summed E-state index contributed by atoms with van der Waals surface area (Å²) in [5.41, 5.74) is 4.26. The van der Waals surface area contributed by atoms with Crippen LogP contribution in [0.15, 0.2) is 78.9 Å². The van der Waals surface area contributed by atoms with Gasteiger partial charge in [0.25, 0.3) is 0 Å². The maximum Gasteiger partial charge on any atom is 0.101 e. The lowest BCUT2D eigenvalue weighted by Crippen LogP contribution is -2.25. The molecule has 3 aromatic carbocycles. The van der Waals surface area contributed by atoms with E-state index < -0.39 is 6.10 Å². The first kappa shape index (κ1) is 28.7. The highest BCUT2D eigenvalue weighted by Gasteiger charge is 2.13. The molecule has 0 amide bonds. The van der Waals surface area contributed by atoms with Gasteiger partial charge in [0.05, 0.1) is 17.5 Å². The van der Waals surface area contributed by atoms with E-state index in [1.54, 1.807) is 0 Å². The molecule has 1 unspecified atom stereocenters. The third-order valence-electron chi connectivity index (χ3n) is 6.56. The Morgan fingerprint density at radius 1 is 0.667 bits per heavy atom. The quantitative estimate of drug-likeness (QED) is 0.0953. The average Bonchev–Trinajstić information content (AvgIpc) is 2.91. The fraction of sp³-hybridized carbons (Fsp3) is 0.438. The van der Waals surface area contributed by atoms with E-state index in [0.29, 0.717) is 0 Å². The van der Waals surface area contributed by atoms with E-state index in [9.17, 15) is 5.11 Å². The van der Waals surface area contributed by atoms with E-state index in [1.165, 1.54) is 72.5 Å². The van der Waals surface area contributed by atoms with Gasteiger partial charge in [-0.2, -0.15) is 0 Å². The first-order valence-corrected chi connectivity index (χ1v) is 14.8. The van der Waals surface area contributed by atoms with Crippen LogP contribution in [0.2, 0.25) is 0 Å². The molecular formula is C32H42INO2. The molecule has 0 radical (unpaired) electrons. The molecule has 0 saturated heterocycles. The van der Waals surface area contributed by atoms with Crippen molar-refractivity contribution in [2.45, 2.75) is 83.7 Å². The van der Waals surface area contributed by atoms with Crippen molar-refractivity contribution in [2.24, 2.45) is 0 Å². The molecule has 36 heavy (non-hydrogen) atoms. The largest absolute Gasteiger partial charge is 0.391 e. The Morgan fingerprint density at radius 2 is 1.17 bits per heavy atom. The SMILES string of the molecule is CCCCCCCCCCCCC(O)CON(c1ccccc1)c1ccc(-c2ccc(I)cc2)cc1. The van der Waals surface area contributed by atoms with Crippen molar-refractivity contribution >= 4 is 34.0 Å². The van der Waals surface area contributed by atoms with Gasteiger partial charge in [0.1, 0.15) is 6.61 Å². The average molecular weight is 600 g/mol. The zero-order valence-corrected chi connectivity index (χ0v) is 23.9. The van der Waals surface area contributed by atoms with Gasteiger partial charge in [0.2, 0.25) is 0 Å². The minimum Gasteiger partial charge on any atom is -0.391 e. The van der Waals surface area contributed by atoms with Crippen LogP contribution in [0.3, 0.4) is 0 Å². The summed E-state index contributed by atoms with van der Waals surface area (Å²) in [5, 5.41) is 12.4. The Hall–Kier alpha value is -1.89. The van der Waals surface area contributed by atoms with Crippen molar-refractivity contribution in [3.8, 4) is 11.1 Å². The lowest BCUT2D eigenvalue weighted by atomic mass is 10.0. The fourth-order valence-corrected chi connectivity index (χ4v) is 4.76. The minimum atomic E-state index is -0.462. The zero-order chi connectivity index (χ0) is 25.4. The first-order valence-electron chi connectivity index (χ1n) is 13.7. The van der Waals surface area contributed by atoms with Gasteiger partial charge in [-0.05, 0) is 76.5 Å². The van der Waals surface area contributed by atoms with Gasteiger partial charge in [-0.25, -0.2) is 5.06 Å². The maximum absolute atomic E-state index is 10.6. The molecule has 0 heterocycles. The van der Waals surface area contributed by atoms with Gasteiger partial charge in [-0.3, -0.25) is 4.84 Å². The Morgan fingerprint density at radius 3 is 1.75 bits per heavy atom. The van der Waals surface area contributed by atoms with E-state index in [4.69, 9.17) is 4.84 Å². The molecule has 0 bridgehead atoms. The molecule has 0 spiro atoms. The number of rotatable bonds is 17. The number of aliphatic hydroxyl groups excluding tert-OH is 1. The van der Waals surface area contributed by atoms with Crippen molar-refractivity contribution in [3.63, 3.8) is 0 Å². The molecule has 1 atom stereocenters. The lowest BCUT2D eigenvalue weighted by Gasteiger charge is -2.25. The molecule has 4 heteroatoms. The number of hydrogen-bond donors (Lipinski definition) is 1. The molecule has 0 aliphatic heterocycles. The normalized spacial score (nSPS) is 12.0. The molecule has 1 N–H and O–H groups in total. The second kappa shape index (κ2) is 16.8. The number of hydrogen-bond acceptors (Lipinski definition) is 3. The number of para-hydroxylation sites is 1. The number of aliphatic hydroxyl groups is 1. The van der Waals surface area contributed by atoms with Crippen molar-refractivity contribution in [1.29, 1.82) is 0 Å². The van der Waals surface area contributed by atoms with Crippen molar-refractivity contribution < 1.29 is 9.94 Å². The number of benzene rings is 3. The maximum atomic E-state index is 10.6. The van der Waals surface area contributed by atoms with E-state index in [2.05, 4.69) is 78.0 Å². The Kier molecular flexibility index (Phi) is 13.4. The van der Waals surface area contributed by atoms with Gasteiger partial charge >= 0.3 is 0 Å². The Balaban J connectivity index is 1.46. The third kappa shape index (κ3) is 10.2. The second-order valence-corrected chi connectivity index (χ2v) is 10.8. The number of unbranched alkanes of at least 4 members (excludes halogenated alkanes) is 9. The van der Waals surface area contributed by atoms with Gasteiger partial charge < -0.3 is 5.11 Å². The van der Waals surface area contributed by atoms with Crippen LogP contribution in [-0.4, -0.2) is 17.8 Å². The number of halogens is 1. The molecule has 0 aliphatic rings. The van der Waals surface area contributed by atoms with Crippen molar-refractivity contribution in [3.05, 3.63) is 82.4 Å². The molecular weight excluding hydrogens is 557 g/mol. The van der Waals surface area contributed by atoms with Gasteiger partial charge in [-0.1, -0.05) is 114 Å². The molecule has 3 nitrogen and oxygen atoms in total. The lowest BCUT2D eigenvalue weighted by molar-refractivity contribution is 0.0312. The summed E-state index contributed by atoms with van der Waals surface area (Å²) < 4.78 is 1.23. The zero-order valence-electron chi connectivity index (χ0n) is 21.7. The molecule has 0 saturated carbocycles. The number of anilines is 2. The topological polar surface area (TPSA) is 32.7 Å². The second-order valence-electron chi connectivity index (χ2n) is 9.60. The summed E-state index contributed by atoms with van der Waals surface area (Å²) in [7, 11) is 0. The van der Waals surface area contributed by atoms with Gasteiger partial charge in [-0.15, -0.1) is 0 Å². The van der Waals surface area contributed by atoms with Crippen LogP contribution in [0.5, 0.6) is 0 Å². The standard InChI is InChI=1S/C32H42INO2/c1-2-3-4-5-6-7-8-9-10-14-17-32(35)26-36-34(30-15-12-11-13-16-30)31-24-20-28(21-25-31)27-18-22-29(33)23-19-27/h11-13,15-16,18-25,32,35H,2-10,14,17,26H2,1H3. The van der Waals surface area contributed by atoms with Crippen molar-refractivity contribution in [2.75, 3.05) is 11.7 Å². The summed E-state index contributed by atoms with van der Waals surface area (Å²) in [4.78, 5) is 6.16. The molecule has 3 rings (SSSR count). The van der Waals surface area contributed by atoms with Crippen LogP contribution in [-0.2, 0) is 4.84 Å². The van der Waals surface area contributed by atoms with Crippen LogP contribution < -0.4 is 5.06 Å². The molecule has 0 aliphatic carbocycles. The summed E-state index contributed by atoms with van der Waals surface area (Å²) in [6.07, 6.45) is 13.3. The minimum absolute atomic E-state index is 0.283. The predicted octanol–water partition coefficient (Wildman–Crippen LogP) is 9.70. The van der Waals surface area contributed by atoms with Crippen LogP contribution in [0.4, 0.5) is 11.4 Å². The Bertz CT molecular complexity index is 960. The summed E-state index contributed by atoms with van der Waals surface area (Å²) in [5.74, 6) is 0. The third-order valence-corrected chi connectivity index (χ3v) is 7.28. The van der Waals surface area contributed by atoms with Crippen LogP contribution >= 0.6 is 22.6 Å². The highest BCUT2D eigenvalue weighted by atomic mass is 127. The molecule has 0 fully saturated rings. The summed E-state index contributed by atoms with van der Waals surface area (Å²) in [6.45, 7) is 2.55. The van der Waals surface area contributed by atoms with Gasteiger partial charge in [0.15, 0.2) is 0 Å². The monoisotopic (exact) mass is 599 g/mol. The van der Waals surface area contributed by atoms with Crippen LogP contribution in [0.1, 0.15) is 77.6 Å². The van der Waals surface area contributed by atoms with E-state index in [1.807, 2.05) is 35.4 Å². The highest BCUT2D eigenvalue weighted by Crippen LogP contribution is 2.29. The van der Waals surface area contributed by atoms with Crippen LogP contribution in [0.25, 0.3) is 11.1 Å².